The number of fused-ring (bicyclic) bond motifs is 4. The van der Waals surface area contributed by atoms with Crippen LogP contribution in [0.15, 0.2) is 48.5 Å². The molecule has 0 amide bonds. The van der Waals surface area contributed by atoms with E-state index in [1.165, 1.54) is 5.56 Å². The predicted molar refractivity (Wildman–Crippen MR) is 128 cm³/mol. The topological polar surface area (TPSA) is 40.2 Å². The minimum absolute atomic E-state index is 0.300. The summed E-state index contributed by atoms with van der Waals surface area (Å²) in [5.41, 5.74) is 2.46. The first-order valence-electron chi connectivity index (χ1n) is 10.9. The van der Waals surface area contributed by atoms with Gasteiger partial charge in [0.1, 0.15) is 11.5 Å². The van der Waals surface area contributed by atoms with Gasteiger partial charge in [0.2, 0.25) is 5.72 Å². The van der Waals surface area contributed by atoms with E-state index in [0.717, 1.165) is 45.0 Å². The molecule has 5 heteroatoms. The number of likely N-dealkylation sites (N-methyl/N-ethyl adjacent to an activating group) is 1. The van der Waals surface area contributed by atoms with E-state index in [-0.39, 0.29) is 5.41 Å². The molecule has 0 aliphatic carbocycles. The number of rotatable bonds is 4. The molecule has 5 rings (SSSR count). The molecule has 0 N–H and O–H groups in total. The Hall–Kier alpha value is -3.34. The van der Waals surface area contributed by atoms with Crippen molar-refractivity contribution in [2.75, 3.05) is 32.8 Å². The molecule has 5 nitrogen and oxygen atoms in total. The van der Waals surface area contributed by atoms with Crippen LogP contribution in [-0.2, 0) is 5.41 Å². The third kappa shape index (κ3) is 2.63. The molecule has 3 aromatic carbocycles. The SMILES string of the molecule is CCOc1cc2ccc3c(c2cc1OC)C=CC1(O3)N(C)c2ccc(OC)cc2C1(C)C. The van der Waals surface area contributed by atoms with Gasteiger partial charge in [-0.15, -0.1) is 0 Å². The lowest BCUT2D eigenvalue weighted by Gasteiger charge is -2.46. The Kier molecular flexibility index (Phi) is 4.55. The lowest BCUT2D eigenvalue weighted by Crippen LogP contribution is -2.58. The number of ether oxygens (including phenoxy) is 4. The largest absolute Gasteiger partial charge is 0.497 e. The third-order valence-corrected chi connectivity index (χ3v) is 6.98. The van der Waals surface area contributed by atoms with Crippen LogP contribution in [0.25, 0.3) is 16.8 Å². The van der Waals surface area contributed by atoms with Gasteiger partial charge in [-0.3, -0.25) is 0 Å². The minimum Gasteiger partial charge on any atom is -0.497 e. The number of hydrogen-bond acceptors (Lipinski definition) is 5. The molecule has 0 saturated carbocycles. The number of nitrogens with zero attached hydrogens (tertiary/aromatic N) is 1. The van der Waals surface area contributed by atoms with Crippen LogP contribution in [0.4, 0.5) is 5.69 Å². The summed E-state index contributed by atoms with van der Waals surface area (Å²) in [4.78, 5) is 2.23. The molecule has 0 bridgehead atoms. The minimum atomic E-state index is -0.641. The molecule has 1 atom stereocenters. The van der Waals surface area contributed by atoms with E-state index in [1.54, 1.807) is 14.2 Å². The first-order valence-corrected chi connectivity index (χ1v) is 10.9. The van der Waals surface area contributed by atoms with Crippen molar-refractivity contribution in [3.8, 4) is 23.0 Å². The maximum absolute atomic E-state index is 6.85. The number of anilines is 1. The molecule has 2 aliphatic heterocycles. The van der Waals surface area contributed by atoms with Crippen molar-refractivity contribution >= 4 is 22.5 Å². The lowest BCUT2D eigenvalue weighted by atomic mass is 9.76. The first kappa shape index (κ1) is 20.6. The van der Waals surface area contributed by atoms with Gasteiger partial charge in [0.15, 0.2) is 11.5 Å². The Labute approximate surface area is 189 Å². The van der Waals surface area contributed by atoms with Crippen molar-refractivity contribution in [3.63, 3.8) is 0 Å². The van der Waals surface area contributed by atoms with Gasteiger partial charge in [-0.05, 0) is 85.7 Å². The van der Waals surface area contributed by atoms with Gasteiger partial charge in [0, 0.05) is 18.3 Å². The second kappa shape index (κ2) is 7.09. The molecule has 0 fully saturated rings. The molecule has 166 valence electrons. The van der Waals surface area contributed by atoms with Crippen molar-refractivity contribution in [3.05, 3.63) is 59.7 Å². The molecular formula is C27H29NO4. The van der Waals surface area contributed by atoms with Gasteiger partial charge in [-0.1, -0.05) is 6.07 Å². The molecule has 1 unspecified atom stereocenters. The fourth-order valence-corrected chi connectivity index (χ4v) is 5.16. The quantitative estimate of drug-likeness (QED) is 0.523. The van der Waals surface area contributed by atoms with Crippen LogP contribution in [-0.4, -0.2) is 33.6 Å². The Balaban J connectivity index is 1.64. The third-order valence-electron chi connectivity index (χ3n) is 6.98. The van der Waals surface area contributed by atoms with Crippen LogP contribution in [0.2, 0.25) is 0 Å². The maximum Gasteiger partial charge on any atom is 0.211 e. The van der Waals surface area contributed by atoms with E-state index in [2.05, 4.69) is 62.2 Å². The first-order chi connectivity index (χ1) is 15.4. The van der Waals surface area contributed by atoms with Gasteiger partial charge in [0.25, 0.3) is 0 Å². The molecule has 0 radical (unpaired) electrons. The molecule has 1 spiro atoms. The highest BCUT2D eigenvalue weighted by Gasteiger charge is 2.57. The predicted octanol–water partition coefficient (Wildman–Crippen LogP) is 5.79. The Bertz CT molecular complexity index is 1250. The number of hydrogen-bond donors (Lipinski definition) is 0. The van der Waals surface area contributed by atoms with Crippen molar-refractivity contribution in [1.82, 2.24) is 0 Å². The van der Waals surface area contributed by atoms with Gasteiger partial charge in [-0.25, -0.2) is 0 Å². The van der Waals surface area contributed by atoms with Gasteiger partial charge in [0.05, 0.1) is 26.2 Å². The Morgan fingerprint density at radius 2 is 1.78 bits per heavy atom. The fraction of sp³-hybridized carbons (Fsp3) is 0.333. The number of methoxy groups -OCH3 is 2. The van der Waals surface area contributed by atoms with E-state index in [9.17, 15) is 0 Å². The average molecular weight is 432 g/mol. The Morgan fingerprint density at radius 1 is 0.969 bits per heavy atom. The zero-order chi connectivity index (χ0) is 22.7. The molecule has 2 aliphatic rings. The van der Waals surface area contributed by atoms with Crippen molar-refractivity contribution in [2.24, 2.45) is 0 Å². The highest BCUT2D eigenvalue weighted by molar-refractivity contribution is 5.96. The smallest absolute Gasteiger partial charge is 0.211 e. The van der Waals surface area contributed by atoms with Gasteiger partial charge < -0.3 is 23.8 Å². The zero-order valence-corrected chi connectivity index (χ0v) is 19.5. The second-order valence-corrected chi connectivity index (χ2v) is 8.83. The van der Waals surface area contributed by atoms with Crippen LogP contribution in [0.1, 0.15) is 31.9 Å². The normalized spacial score (nSPS) is 20.1. The standard InChI is InChI=1S/C27H29NO4/c1-7-31-25-14-17-8-11-23-19(20(17)16-24(25)30-6)12-13-27(32-23)26(2,3)21-15-18(29-5)9-10-22(21)28(27)4/h8-16H,7H2,1-6H3. The summed E-state index contributed by atoms with van der Waals surface area (Å²) < 4.78 is 23.7. The van der Waals surface area contributed by atoms with E-state index >= 15 is 0 Å². The van der Waals surface area contributed by atoms with E-state index < -0.39 is 5.72 Å². The van der Waals surface area contributed by atoms with Crippen LogP contribution in [0.3, 0.4) is 0 Å². The van der Waals surface area contributed by atoms with Crippen LogP contribution >= 0.6 is 0 Å². The van der Waals surface area contributed by atoms with Crippen LogP contribution < -0.4 is 23.8 Å². The molecule has 2 heterocycles. The van der Waals surface area contributed by atoms with Crippen LogP contribution in [0.5, 0.6) is 23.0 Å². The molecule has 3 aromatic rings. The number of benzene rings is 3. The summed E-state index contributed by atoms with van der Waals surface area (Å²) in [6, 6.07) is 14.4. The van der Waals surface area contributed by atoms with E-state index in [4.69, 9.17) is 18.9 Å². The maximum atomic E-state index is 6.85. The lowest BCUT2D eigenvalue weighted by molar-refractivity contribution is 0.0583. The van der Waals surface area contributed by atoms with Crippen molar-refractivity contribution < 1.29 is 18.9 Å². The molecule has 0 saturated heterocycles. The summed E-state index contributed by atoms with van der Waals surface area (Å²) in [5.74, 6) is 3.18. The summed E-state index contributed by atoms with van der Waals surface area (Å²) in [7, 11) is 5.46. The average Bonchev–Trinajstić information content (AvgIpc) is 2.96. The molecular weight excluding hydrogens is 402 g/mol. The van der Waals surface area contributed by atoms with Gasteiger partial charge >= 0.3 is 0 Å². The van der Waals surface area contributed by atoms with Crippen molar-refractivity contribution in [1.29, 1.82) is 0 Å². The summed E-state index contributed by atoms with van der Waals surface area (Å²) >= 11 is 0. The highest BCUT2D eigenvalue weighted by atomic mass is 16.5. The fourth-order valence-electron chi connectivity index (χ4n) is 5.16. The summed E-state index contributed by atoms with van der Waals surface area (Å²) in [5, 5.41) is 2.16. The van der Waals surface area contributed by atoms with Gasteiger partial charge in [-0.2, -0.15) is 0 Å². The Morgan fingerprint density at radius 3 is 2.50 bits per heavy atom. The monoisotopic (exact) mass is 431 g/mol. The summed E-state index contributed by atoms with van der Waals surface area (Å²) in [6.07, 6.45) is 4.37. The van der Waals surface area contributed by atoms with Crippen molar-refractivity contribution in [2.45, 2.75) is 31.9 Å². The van der Waals surface area contributed by atoms with E-state index in [1.807, 2.05) is 25.1 Å². The second-order valence-electron chi connectivity index (χ2n) is 8.83. The molecule has 32 heavy (non-hydrogen) atoms. The van der Waals surface area contributed by atoms with Crippen LogP contribution in [0, 0.1) is 0 Å². The summed E-state index contributed by atoms with van der Waals surface area (Å²) in [6.45, 7) is 7.01. The zero-order valence-electron chi connectivity index (χ0n) is 19.5. The molecule has 0 aromatic heterocycles. The van der Waals surface area contributed by atoms with E-state index in [0.29, 0.717) is 6.61 Å². The highest BCUT2D eigenvalue weighted by Crippen LogP contribution is 2.55.